The number of carbonyl (C=O) groups is 2. The summed E-state index contributed by atoms with van der Waals surface area (Å²) >= 11 is 9.62. The predicted octanol–water partition coefficient (Wildman–Crippen LogP) is 6.27. The molecule has 222 valence electrons. The van der Waals surface area contributed by atoms with Gasteiger partial charge in [-0.05, 0) is 91.1 Å². The number of nitrogens with one attached hydrogen (secondary N) is 1. The van der Waals surface area contributed by atoms with E-state index in [0.29, 0.717) is 37.8 Å². The fourth-order valence-electron chi connectivity index (χ4n) is 5.38. The zero-order valence-electron chi connectivity index (χ0n) is 23.5. The van der Waals surface area contributed by atoms with Crippen molar-refractivity contribution < 1.29 is 18.7 Å². The molecule has 2 aliphatic rings. The number of carbonyl (C=O) groups excluding carboxylic acids is 2. The summed E-state index contributed by atoms with van der Waals surface area (Å²) in [7, 11) is 0. The van der Waals surface area contributed by atoms with Gasteiger partial charge in [0.1, 0.15) is 17.3 Å². The van der Waals surface area contributed by atoms with Crippen LogP contribution in [0.15, 0.2) is 76.0 Å². The van der Waals surface area contributed by atoms with Gasteiger partial charge in [-0.15, -0.1) is 0 Å². The van der Waals surface area contributed by atoms with Crippen LogP contribution >= 0.6 is 27.5 Å². The molecule has 6 rings (SSSR count). The number of nitrogens with zero attached hydrogens (tertiary/aromatic N) is 3. The molecule has 1 aromatic heterocycles. The smallest absolute Gasteiger partial charge is 0.333 e. The number of fused-ring (bicyclic) bond motifs is 1. The van der Waals surface area contributed by atoms with E-state index in [9.17, 15) is 18.8 Å². The molecular weight excluding hydrogens is 639 g/mol. The number of hydrogen-bond donors (Lipinski definition) is 1. The number of ether oxygens (including phenoxy) is 1. The van der Waals surface area contributed by atoms with Crippen molar-refractivity contribution in [3.63, 3.8) is 0 Å². The van der Waals surface area contributed by atoms with Crippen molar-refractivity contribution in [2.24, 2.45) is 0 Å². The van der Waals surface area contributed by atoms with E-state index < -0.39 is 23.5 Å². The number of aromatic nitrogens is 2. The molecule has 2 heterocycles. The Morgan fingerprint density at radius 3 is 2.49 bits per heavy atom. The number of hydrogen-bond acceptors (Lipinski definition) is 4. The van der Waals surface area contributed by atoms with Gasteiger partial charge < -0.3 is 15.0 Å². The lowest BCUT2D eigenvalue weighted by Gasteiger charge is -2.34. The first-order valence-electron chi connectivity index (χ1n) is 14.0. The van der Waals surface area contributed by atoms with Crippen LogP contribution in [0.3, 0.4) is 0 Å². The third-order valence-corrected chi connectivity index (χ3v) is 9.06. The van der Waals surface area contributed by atoms with E-state index in [1.165, 1.54) is 10.6 Å². The Bertz CT molecular complexity index is 1780. The van der Waals surface area contributed by atoms with Gasteiger partial charge in [-0.2, -0.15) is 0 Å². The number of halogens is 3. The fourth-order valence-corrected chi connectivity index (χ4v) is 5.80. The SMILES string of the molecule is CC1Cn2c(c(C(=O)N[C@H](C)c3ccccc3F)n(-c3ccc(OC4CC4)cc3)c2=O)CN1C(=O)c1ccc(Br)c(Cl)c1. The van der Waals surface area contributed by atoms with E-state index in [2.05, 4.69) is 21.2 Å². The second-order valence-corrected chi connectivity index (χ2v) is 12.2. The van der Waals surface area contributed by atoms with E-state index in [1.807, 2.05) is 6.92 Å². The van der Waals surface area contributed by atoms with Gasteiger partial charge >= 0.3 is 5.69 Å². The number of benzene rings is 3. The van der Waals surface area contributed by atoms with Crippen LogP contribution in [-0.4, -0.2) is 38.0 Å². The average Bonchev–Trinajstić information content (AvgIpc) is 3.76. The van der Waals surface area contributed by atoms with Crippen molar-refractivity contribution >= 4 is 39.3 Å². The third-order valence-electron chi connectivity index (χ3n) is 7.83. The molecule has 0 radical (unpaired) electrons. The van der Waals surface area contributed by atoms with Crippen LogP contribution in [0, 0.1) is 5.82 Å². The first-order valence-corrected chi connectivity index (χ1v) is 15.2. The lowest BCUT2D eigenvalue weighted by Crippen LogP contribution is -2.47. The average molecular weight is 668 g/mol. The van der Waals surface area contributed by atoms with E-state index >= 15 is 0 Å². The van der Waals surface area contributed by atoms with Crippen LogP contribution in [0.1, 0.15) is 64.8 Å². The number of imidazole rings is 1. The molecule has 1 aliphatic carbocycles. The number of rotatable bonds is 7. The zero-order valence-corrected chi connectivity index (χ0v) is 25.9. The van der Waals surface area contributed by atoms with E-state index in [0.717, 1.165) is 12.8 Å². The van der Waals surface area contributed by atoms with E-state index in [4.69, 9.17) is 16.3 Å². The minimum absolute atomic E-state index is 0.00955. The maximum Gasteiger partial charge on any atom is 0.333 e. The van der Waals surface area contributed by atoms with Gasteiger partial charge in [0.05, 0.1) is 35.1 Å². The summed E-state index contributed by atoms with van der Waals surface area (Å²) < 4.78 is 24.0. The highest BCUT2D eigenvalue weighted by atomic mass is 79.9. The van der Waals surface area contributed by atoms with Gasteiger partial charge in [-0.1, -0.05) is 29.8 Å². The highest BCUT2D eigenvalue weighted by Gasteiger charge is 2.36. The molecule has 3 aromatic carbocycles. The largest absolute Gasteiger partial charge is 0.490 e. The van der Waals surface area contributed by atoms with Crippen molar-refractivity contribution in [1.29, 1.82) is 0 Å². The van der Waals surface area contributed by atoms with Gasteiger partial charge in [0, 0.05) is 28.2 Å². The molecule has 1 fully saturated rings. The first-order chi connectivity index (χ1) is 20.6. The minimum atomic E-state index is -0.688. The van der Waals surface area contributed by atoms with Crippen molar-refractivity contribution in [3.05, 3.63) is 115 Å². The first kappa shape index (κ1) is 29.2. The molecule has 43 heavy (non-hydrogen) atoms. The molecule has 0 bridgehead atoms. The van der Waals surface area contributed by atoms with Crippen LogP contribution in [0.25, 0.3) is 5.69 Å². The molecular formula is C32H29BrClFN4O4. The van der Waals surface area contributed by atoms with E-state index in [-0.39, 0.29) is 36.8 Å². The molecule has 0 saturated heterocycles. The molecule has 11 heteroatoms. The van der Waals surface area contributed by atoms with Gasteiger partial charge in [-0.25, -0.2) is 9.18 Å². The quantitative estimate of drug-likeness (QED) is 0.252. The maximum atomic E-state index is 14.6. The van der Waals surface area contributed by atoms with Crippen molar-refractivity contribution in [3.8, 4) is 11.4 Å². The van der Waals surface area contributed by atoms with Crippen LogP contribution in [0.5, 0.6) is 5.75 Å². The van der Waals surface area contributed by atoms with E-state index in [1.54, 1.807) is 77.1 Å². The molecule has 1 unspecified atom stereocenters. The molecule has 2 amide bonds. The van der Waals surface area contributed by atoms with Crippen molar-refractivity contribution in [2.45, 2.75) is 58.0 Å². The summed E-state index contributed by atoms with van der Waals surface area (Å²) in [6, 6.07) is 17.2. The minimum Gasteiger partial charge on any atom is -0.490 e. The zero-order chi connectivity index (χ0) is 30.4. The summed E-state index contributed by atoms with van der Waals surface area (Å²) in [6.07, 6.45) is 2.23. The van der Waals surface area contributed by atoms with Crippen LogP contribution in [0.4, 0.5) is 4.39 Å². The maximum absolute atomic E-state index is 14.6. The van der Waals surface area contributed by atoms with Gasteiger partial charge in [0.25, 0.3) is 11.8 Å². The van der Waals surface area contributed by atoms with Gasteiger partial charge in [0.15, 0.2) is 0 Å². The lowest BCUT2D eigenvalue weighted by molar-refractivity contribution is 0.0610. The monoisotopic (exact) mass is 666 g/mol. The van der Waals surface area contributed by atoms with Gasteiger partial charge in [-0.3, -0.25) is 18.7 Å². The summed E-state index contributed by atoms with van der Waals surface area (Å²) in [5.74, 6) is -0.604. The molecule has 1 N–H and O–H groups in total. The fraction of sp³-hybridized carbons (Fsp3) is 0.281. The van der Waals surface area contributed by atoms with Crippen LogP contribution in [0.2, 0.25) is 5.02 Å². The Balaban J connectivity index is 1.41. The Morgan fingerprint density at radius 1 is 1.09 bits per heavy atom. The highest BCUT2D eigenvalue weighted by Crippen LogP contribution is 2.30. The Morgan fingerprint density at radius 2 is 1.81 bits per heavy atom. The summed E-state index contributed by atoms with van der Waals surface area (Å²) in [5.41, 5.74) is 1.25. The second-order valence-electron chi connectivity index (χ2n) is 11.0. The Kier molecular flexibility index (Phi) is 7.91. The standard InChI is InChI=1S/C32H29BrClFN4O4/c1-18-16-38-28(17-37(18)31(41)20-7-14-25(33)26(34)15-20)29(30(40)36-19(2)24-5-3-4-6-27(24)35)39(32(38)42)21-8-10-22(11-9-21)43-23-12-13-23/h3-11,14-15,18-19,23H,12-13,16-17H2,1-2H3,(H,36,40)/t18?,19-/m1/s1. The van der Waals surface area contributed by atoms with Crippen molar-refractivity contribution in [1.82, 2.24) is 19.4 Å². The van der Waals surface area contributed by atoms with Gasteiger partial charge in [0.2, 0.25) is 0 Å². The van der Waals surface area contributed by atoms with Crippen LogP contribution in [-0.2, 0) is 13.1 Å². The predicted molar refractivity (Wildman–Crippen MR) is 164 cm³/mol. The highest BCUT2D eigenvalue weighted by molar-refractivity contribution is 9.10. The number of amides is 2. The summed E-state index contributed by atoms with van der Waals surface area (Å²) in [4.78, 5) is 43.2. The molecule has 1 saturated carbocycles. The molecule has 8 nitrogen and oxygen atoms in total. The Hall–Kier alpha value is -3.89. The Labute approximate surface area is 261 Å². The topological polar surface area (TPSA) is 85.6 Å². The van der Waals surface area contributed by atoms with Crippen molar-refractivity contribution in [2.75, 3.05) is 0 Å². The molecule has 1 aliphatic heterocycles. The third kappa shape index (κ3) is 5.73. The normalized spacial score (nSPS) is 16.9. The van der Waals surface area contributed by atoms with Crippen LogP contribution < -0.4 is 15.7 Å². The molecule has 2 atom stereocenters. The second kappa shape index (κ2) is 11.7. The molecule has 0 spiro atoms. The summed E-state index contributed by atoms with van der Waals surface area (Å²) in [5, 5.41) is 3.27. The lowest BCUT2D eigenvalue weighted by atomic mass is 10.1. The summed E-state index contributed by atoms with van der Waals surface area (Å²) in [6.45, 7) is 3.73. The molecule has 4 aromatic rings.